The van der Waals surface area contributed by atoms with Crippen molar-refractivity contribution in [3.63, 3.8) is 0 Å². The summed E-state index contributed by atoms with van der Waals surface area (Å²) in [6.45, 7) is 2.87. The van der Waals surface area contributed by atoms with Crippen LogP contribution in [0.5, 0.6) is 0 Å². The zero-order chi connectivity index (χ0) is 50.5. The summed E-state index contributed by atoms with van der Waals surface area (Å²) in [5.74, 6) is -1.39. The van der Waals surface area contributed by atoms with Gasteiger partial charge in [-0.15, -0.1) is 0 Å². The van der Waals surface area contributed by atoms with E-state index in [0.717, 1.165) is 32.1 Å². The van der Waals surface area contributed by atoms with Gasteiger partial charge in [-0.1, -0.05) is 137 Å². The van der Waals surface area contributed by atoms with Crippen LogP contribution in [0.3, 0.4) is 0 Å². The van der Waals surface area contributed by atoms with Crippen LogP contribution in [-0.2, 0) is 41.8 Å². The molecule has 19 heteroatoms. The number of carbonyl (C=O) groups is 2. The van der Waals surface area contributed by atoms with E-state index in [-0.39, 0.29) is 12.8 Å². The molecule has 1 fully saturated rings. The molecule has 0 spiro atoms. The van der Waals surface area contributed by atoms with Crippen LogP contribution in [0.2, 0.25) is 0 Å². The summed E-state index contributed by atoms with van der Waals surface area (Å²) < 4.78 is 49.2. The number of esters is 2. The third kappa shape index (κ3) is 32.6. The summed E-state index contributed by atoms with van der Waals surface area (Å²) in [6, 6.07) is 0. The molecule has 0 aromatic heterocycles. The maximum Gasteiger partial charge on any atom is 0.472 e. The number of carbonyl (C=O) groups excluding carboxylic acids is 2. The Balaban J connectivity index is 2.71. The number of rotatable bonds is 38. The molecule has 1 aliphatic carbocycles. The zero-order valence-electron chi connectivity index (χ0n) is 39.9. The van der Waals surface area contributed by atoms with Crippen molar-refractivity contribution in [2.45, 2.75) is 185 Å². The van der Waals surface area contributed by atoms with E-state index in [1.165, 1.54) is 32.1 Å². The first-order chi connectivity index (χ1) is 32.5. The fourth-order valence-electron chi connectivity index (χ4n) is 6.45. The first-order valence-corrected chi connectivity index (χ1v) is 26.9. The van der Waals surface area contributed by atoms with Crippen LogP contribution in [0, 0.1) is 0 Å². The van der Waals surface area contributed by atoms with Crippen molar-refractivity contribution < 1.29 is 82.0 Å². The Kier molecular flexibility index (Phi) is 35.7. The minimum absolute atomic E-state index is 0.00442. The van der Waals surface area contributed by atoms with Gasteiger partial charge in [-0.05, 0) is 83.5 Å². The number of hydrogen-bond acceptors (Lipinski definition) is 14. The molecule has 5 unspecified atom stereocenters. The molecule has 1 rings (SSSR count). The molecule has 0 aliphatic heterocycles. The normalized spacial score (nSPS) is 22.6. The van der Waals surface area contributed by atoms with Crippen LogP contribution in [0.25, 0.3) is 0 Å². The molecule has 68 heavy (non-hydrogen) atoms. The van der Waals surface area contributed by atoms with Crippen LogP contribution in [-0.4, -0.2) is 114 Å². The van der Waals surface area contributed by atoms with Gasteiger partial charge >= 0.3 is 27.6 Å². The van der Waals surface area contributed by atoms with E-state index < -0.39 is 89.6 Å². The number of hydrogen-bond donors (Lipinski definition) is 8. The first-order valence-electron chi connectivity index (χ1n) is 23.9. The molecule has 1 aliphatic rings. The molecule has 0 amide bonds. The third-order valence-corrected chi connectivity index (χ3v) is 11.7. The van der Waals surface area contributed by atoms with Gasteiger partial charge in [0, 0.05) is 12.8 Å². The number of ether oxygens (including phenoxy) is 2. The van der Waals surface area contributed by atoms with Crippen molar-refractivity contribution in [3.05, 3.63) is 97.2 Å². The van der Waals surface area contributed by atoms with E-state index in [1.807, 2.05) is 48.6 Å². The molecule has 0 aromatic carbocycles. The highest BCUT2D eigenvalue weighted by molar-refractivity contribution is 7.47. The molecule has 9 atom stereocenters. The maximum absolute atomic E-state index is 13.0. The van der Waals surface area contributed by atoms with Gasteiger partial charge in [0.25, 0.3) is 0 Å². The minimum Gasteiger partial charge on any atom is -0.462 e. The number of phosphoric ester groups is 2. The second kappa shape index (κ2) is 38.6. The van der Waals surface area contributed by atoms with Crippen molar-refractivity contribution in [3.8, 4) is 0 Å². The molecule has 0 saturated heterocycles. The van der Waals surface area contributed by atoms with Gasteiger partial charge in [0.1, 0.15) is 43.2 Å². The second-order valence-corrected chi connectivity index (χ2v) is 18.9. The lowest BCUT2D eigenvalue weighted by Crippen LogP contribution is -2.64. The van der Waals surface area contributed by atoms with Crippen LogP contribution in [0.1, 0.15) is 136 Å². The molecule has 0 heterocycles. The van der Waals surface area contributed by atoms with Crippen LogP contribution in [0.4, 0.5) is 0 Å². The largest absolute Gasteiger partial charge is 0.472 e. The molecule has 388 valence electrons. The summed E-state index contributed by atoms with van der Waals surface area (Å²) in [5.41, 5.74) is 0. The molecule has 17 nitrogen and oxygen atoms in total. The van der Waals surface area contributed by atoms with Gasteiger partial charge in [0.05, 0.1) is 12.7 Å². The van der Waals surface area contributed by atoms with E-state index in [0.29, 0.717) is 44.9 Å². The molecular formula is C49H80O17P2. The predicted octanol–water partition coefficient (Wildman–Crippen LogP) is 8.14. The van der Waals surface area contributed by atoms with Crippen LogP contribution in [0.15, 0.2) is 97.2 Å². The summed E-state index contributed by atoms with van der Waals surface area (Å²) in [7, 11) is -10.7. The monoisotopic (exact) mass is 1000 g/mol. The average Bonchev–Trinajstić information content (AvgIpc) is 3.29. The Morgan fingerprint density at radius 2 is 1.01 bits per heavy atom. The van der Waals surface area contributed by atoms with Gasteiger partial charge in [-0.3, -0.25) is 23.2 Å². The van der Waals surface area contributed by atoms with Gasteiger partial charge in [0.15, 0.2) is 6.10 Å². The molecule has 0 aromatic rings. The first kappa shape index (κ1) is 62.9. The second-order valence-electron chi connectivity index (χ2n) is 16.3. The standard InChI is InChI=1S/C49H80O17P2/c1-3-5-7-9-11-12-13-14-15-16-17-18-19-20-25-29-33-37-43(52)64-41(39-63-68(60,61)66-49-46(55)44(53)45(54)48(47(49)56)65-67(57,58)59)38-62-42(51)36-32-28-24-22-21-23-27-31-35-40(50)34-30-26-10-8-6-4-2/h11-12,14-15,17-18,20,22-27,30-31,35,40-41,44-50,53-56H,3-10,13,16,19,21,28-29,32-34,36-39H2,1-2H3,(H,60,61)(H2,57,58,59)/b12-11-,15-14-,18-17-,24-22-,25-20-,27-23-,30-26-,35-31+/t40-,41-,44?,45?,46?,47?,48-,49+/m1/s1. The Morgan fingerprint density at radius 1 is 0.544 bits per heavy atom. The van der Waals surface area contributed by atoms with Crippen molar-refractivity contribution in [1.82, 2.24) is 0 Å². The van der Waals surface area contributed by atoms with Crippen LogP contribution < -0.4 is 0 Å². The Hall–Kier alpha value is -3.12. The number of aliphatic hydroxyl groups is 5. The van der Waals surface area contributed by atoms with Gasteiger partial charge in [-0.2, -0.15) is 0 Å². The van der Waals surface area contributed by atoms with Crippen LogP contribution >= 0.6 is 15.6 Å². The van der Waals surface area contributed by atoms with E-state index >= 15 is 0 Å². The fourth-order valence-corrected chi connectivity index (χ4v) is 7.99. The smallest absolute Gasteiger partial charge is 0.462 e. The lowest BCUT2D eigenvalue weighted by molar-refractivity contribution is -0.216. The highest BCUT2D eigenvalue weighted by Gasteiger charge is 2.54. The van der Waals surface area contributed by atoms with Gasteiger partial charge < -0.3 is 49.7 Å². The summed E-state index contributed by atoms with van der Waals surface area (Å²) in [4.78, 5) is 54.2. The quantitative estimate of drug-likeness (QED) is 0.00953. The zero-order valence-corrected chi connectivity index (χ0v) is 41.6. The predicted molar refractivity (Wildman–Crippen MR) is 261 cm³/mol. The lowest BCUT2D eigenvalue weighted by Gasteiger charge is -2.43. The van der Waals surface area contributed by atoms with Crippen molar-refractivity contribution in [2.24, 2.45) is 0 Å². The SMILES string of the molecule is CCCCC/C=C\C/C=C\C/C=C\C/C=C\CCCC(=O)O[C@H](COC(=O)CCC/C=C\C/C=C\C=C\[C@H](O)C/C=C\CCCCC)COP(=O)(O)O[C@H]1C(O)C(O)C(O)[C@@H](OP(=O)(O)O)C1O. The maximum atomic E-state index is 13.0. The molecule has 0 bridgehead atoms. The summed E-state index contributed by atoms with van der Waals surface area (Å²) in [5, 5.41) is 51.3. The highest BCUT2D eigenvalue weighted by atomic mass is 31.2. The summed E-state index contributed by atoms with van der Waals surface area (Å²) >= 11 is 0. The number of unbranched alkanes of at least 4 members (excludes halogenated alkanes) is 8. The summed E-state index contributed by atoms with van der Waals surface area (Å²) in [6.07, 6.45) is 31.1. The lowest BCUT2D eigenvalue weighted by atomic mass is 9.85. The Bertz CT molecular complexity index is 1700. The number of aliphatic hydroxyl groups excluding tert-OH is 5. The van der Waals surface area contributed by atoms with E-state index in [4.69, 9.17) is 18.5 Å². The van der Waals surface area contributed by atoms with Crippen molar-refractivity contribution in [2.75, 3.05) is 13.2 Å². The molecular weight excluding hydrogens is 922 g/mol. The fraction of sp³-hybridized carbons (Fsp3) is 0.633. The molecule has 1 saturated carbocycles. The van der Waals surface area contributed by atoms with Gasteiger partial charge in [-0.25, -0.2) is 9.13 Å². The van der Waals surface area contributed by atoms with E-state index in [2.05, 4.69) is 54.8 Å². The molecule has 0 radical (unpaired) electrons. The number of phosphoric acid groups is 2. The van der Waals surface area contributed by atoms with E-state index in [9.17, 15) is 58.9 Å². The topological polar surface area (TPSA) is 276 Å². The third-order valence-electron chi connectivity index (χ3n) is 10.2. The van der Waals surface area contributed by atoms with E-state index in [1.54, 1.807) is 12.2 Å². The van der Waals surface area contributed by atoms with Crippen molar-refractivity contribution >= 4 is 27.6 Å². The molecule has 8 N–H and O–H groups in total. The Labute approximate surface area is 403 Å². The van der Waals surface area contributed by atoms with Crippen molar-refractivity contribution in [1.29, 1.82) is 0 Å². The number of allylic oxidation sites excluding steroid dienone is 14. The van der Waals surface area contributed by atoms with Gasteiger partial charge in [0.2, 0.25) is 0 Å². The highest BCUT2D eigenvalue weighted by Crippen LogP contribution is 2.49. The Morgan fingerprint density at radius 3 is 1.54 bits per heavy atom. The minimum atomic E-state index is -5.39. The average molecular weight is 1000 g/mol.